The molecule has 0 aliphatic carbocycles. The van der Waals surface area contributed by atoms with Crippen LogP contribution in [0.25, 0.3) is 10.6 Å². The van der Waals surface area contributed by atoms with Crippen LogP contribution in [0.4, 0.5) is 0 Å². The molecule has 0 unspecified atom stereocenters. The van der Waals surface area contributed by atoms with Gasteiger partial charge < -0.3 is 15.0 Å². The number of ether oxygens (including phenoxy) is 1. The minimum atomic E-state index is -0.152. The number of rotatable bonds is 7. The first-order valence-corrected chi connectivity index (χ1v) is 11.4. The predicted octanol–water partition coefficient (Wildman–Crippen LogP) is 3.50. The highest BCUT2D eigenvalue weighted by atomic mass is 32.1. The Kier molecular flexibility index (Phi) is 6.96. The average Bonchev–Trinajstić information content (AvgIpc) is 3.30. The van der Waals surface area contributed by atoms with E-state index in [1.54, 1.807) is 12.5 Å². The first-order valence-electron chi connectivity index (χ1n) is 10.5. The van der Waals surface area contributed by atoms with Crippen LogP contribution in [0.1, 0.15) is 21.6 Å². The smallest absolute Gasteiger partial charge is 0.271 e. The second-order valence-corrected chi connectivity index (χ2v) is 8.71. The van der Waals surface area contributed by atoms with Gasteiger partial charge in [0.05, 0.1) is 7.11 Å². The summed E-state index contributed by atoms with van der Waals surface area (Å²) in [5, 5.41) is 5.63. The summed E-state index contributed by atoms with van der Waals surface area (Å²) in [6, 6.07) is 16.1. The summed E-state index contributed by atoms with van der Waals surface area (Å²) >= 11 is 1.47. The van der Waals surface area contributed by atoms with Gasteiger partial charge in [0.2, 0.25) is 0 Å². The van der Waals surface area contributed by atoms with Crippen LogP contribution in [0.3, 0.4) is 0 Å². The van der Waals surface area contributed by atoms with E-state index in [4.69, 9.17) is 4.74 Å². The fourth-order valence-corrected chi connectivity index (χ4v) is 4.43. The molecule has 0 atom stereocenters. The summed E-state index contributed by atoms with van der Waals surface area (Å²) in [7, 11) is 3.81. The summed E-state index contributed by atoms with van der Waals surface area (Å²) < 4.78 is 5.19. The number of hydrogen-bond acceptors (Lipinski definition) is 6. The first-order chi connectivity index (χ1) is 15.1. The monoisotopic (exact) mass is 436 g/mol. The van der Waals surface area contributed by atoms with Crippen molar-refractivity contribution >= 4 is 17.2 Å². The quantitative estimate of drug-likeness (QED) is 0.614. The summed E-state index contributed by atoms with van der Waals surface area (Å²) in [5.41, 5.74) is 3.81. The molecule has 3 aromatic rings. The molecule has 0 bridgehead atoms. The molecule has 1 fully saturated rings. The summed E-state index contributed by atoms with van der Waals surface area (Å²) in [5.74, 6) is 0.647. The van der Waals surface area contributed by atoms with E-state index < -0.39 is 0 Å². The van der Waals surface area contributed by atoms with Gasteiger partial charge in [-0.25, -0.2) is 4.98 Å². The second-order valence-electron chi connectivity index (χ2n) is 7.85. The molecule has 1 amide bonds. The van der Waals surface area contributed by atoms with Crippen LogP contribution in [-0.2, 0) is 13.1 Å². The number of carbonyl (C=O) groups is 1. The maximum absolute atomic E-state index is 12.6. The molecular weight excluding hydrogens is 408 g/mol. The van der Waals surface area contributed by atoms with Crippen molar-refractivity contribution in [2.24, 2.45) is 0 Å². The van der Waals surface area contributed by atoms with Gasteiger partial charge in [0.15, 0.2) is 0 Å². The lowest BCUT2D eigenvalue weighted by Gasteiger charge is -2.32. The van der Waals surface area contributed by atoms with Gasteiger partial charge in [-0.1, -0.05) is 24.3 Å². The van der Waals surface area contributed by atoms with E-state index in [-0.39, 0.29) is 5.91 Å². The third-order valence-electron chi connectivity index (χ3n) is 5.52. The van der Waals surface area contributed by atoms with Crippen LogP contribution in [0.2, 0.25) is 0 Å². The molecule has 1 aromatic heterocycles. The Morgan fingerprint density at radius 3 is 2.58 bits per heavy atom. The highest BCUT2D eigenvalue weighted by Crippen LogP contribution is 2.25. The Hall–Kier alpha value is -2.74. The van der Waals surface area contributed by atoms with Crippen molar-refractivity contribution in [3.05, 3.63) is 70.7 Å². The summed E-state index contributed by atoms with van der Waals surface area (Å²) in [4.78, 5) is 21.9. The van der Waals surface area contributed by atoms with Gasteiger partial charge in [-0.3, -0.25) is 9.69 Å². The van der Waals surface area contributed by atoms with Gasteiger partial charge in [-0.05, 0) is 42.4 Å². The van der Waals surface area contributed by atoms with Crippen LogP contribution in [0, 0.1) is 0 Å². The molecule has 1 N–H and O–H groups in total. The van der Waals surface area contributed by atoms with E-state index in [1.165, 1.54) is 16.9 Å². The van der Waals surface area contributed by atoms with Gasteiger partial charge in [-0.15, -0.1) is 11.3 Å². The normalized spacial score (nSPS) is 15.0. The van der Waals surface area contributed by atoms with Gasteiger partial charge in [0.1, 0.15) is 16.5 Å². The molecule has 162 valence electrons. The molecule has 1 aliphatic heterocycles. The van der Waals surface area contributed by atoms with Crippen molar-refractivity contribution in [1.29, 1.82) is 0 Å². The van der Waals surface area contributed by atoms with Gasteiger partial charge in [0, 0.05) is 50.2 Å². The highest BCUT2D eigenvalue weighted by Gasteiger charge is 2.15. The lowest BCUT2D eigenvalue weighted by molar-refractivity contribution is 0.0946. The zero-order valence-corrected chi connectivity index (χ0v) is 18.8. The molecule has 2 aromatic carbocycles. The molecule has 1 saturated heterocycles. The molecular formula is C24H28N4O2S. The van der Waals surface area contributed by atoms with E-state index in [0.717, 1.165) is 54.6 Å². The number of methoxy groups -OCH3 is 1. The number of piperazine rings is 1. The predicted molar refractivity (Wildman–Crippen MR) is 124 cm³/mol. The minimum Gasteiger partial charge on any atom is -0.497 e. The van der Waals surface area contributed by atoms with Gasteiger partial charge in [-0.2, -0.15) is 0 Å². The zero-order chi connectivity index (χ0) is 21.6. The lowest BCUT2D eigenvalue weighted by Crippen LogP contribution is -2.43. The Morgan fingerprint density at radius 2 is 1.84 bits per heavy atom. The van der Waals surface area contributed by atoms with Crippen LogP contribution in [0.15, 0.2) is 53.9 Å². The number of thiazole rings is 1. The van der Waals surface area contributed by atoms with E-state index in [2.05, 4.69) is 51.4 Å². The zero-order valence-electron chi connectivity index (χ0n) is 18.0. The molecule has 7 heteroatoms. The van der Waals surface area contributed by atoms with Crippen molar-refractivity contribution < 1.29 is 9.53 Å². The topological polar surface area (TPSA) is 57.7 Å². The Labute approximate surface area is 187 Å². The van der Waals surface area contributed by atoms with Crippen LogP contribution in [-0.4, -0.2) is 61.0 Å². The number of hydrogen-bond donors (Lipinski definition) is 1. The van der Waals surface area contributed by atoms with E-state index in [0.29, 0.717) is 12.2 Å². The molecule has 31 heavy (non-hydrogen) atoms. The van der Waals surface area contributed by atoms with Gasteiger partial charge >= 0.3 is 0 Å². The van der Waals surface area contributed by atoms with Crippen molar-refractivity contribution in [3.8, 4) is 16.3 Å². The number of likely N-dealkylation sites (N-methyl/N-ethyl adjacent to an activating group) is 1. The lowest BCUT2D eigenvalue weighted by atomic mass is 10.1. The molecule has 4 rings (SSSR count). The molecule has 0 saturated carbocycles. The summed E-state index contributed by atoms with van der Waals surface area (Å²) in [6.07, 6.45) is 0. The third-order valence-corrected chi connectivity index (χ3v) is 6.41. The minimum absolute atomic E-state index is 0.152. The average molecular weight is 437 g/mol. The number of nitrogens with one attached hydrogen (secondary N) is 1. The third kappa shape index (κ3) is 5.70. The number of aromatic nitrogens is 1. The number of nitrogens with zero attached hydrogens (tertiary/aromatic N) is 3. The van der Waals surface area contributed by atoms with Crippen molar-refractivity contribution in [1.82, 2.24) is 20.1 Å². The SMILES string of the molecule is COc1ccc(-c2nc(C(=O)NCc3cccc(CN4CCN(C)CC4)c3)cs2)cc1. The van der Waals surface area contributed by atoms with Crippen LogP contribution in [0.5, 0.6) is 5.75 Å². The Bertz CT molecular complexity index is 1010. The first kappa shape index (κ1) is 21.5. The molecule has 0 spiro atoms. The second kappa shape index (κ2) is 10.0. The fraction of sp³-hybridized carbons (Fsp3) is 0.333. The van der Waals surface area contributed by atoms with E-state index in [1.807, 2.05) is 24.3 Å². The fourth-order valence-electron chi connectivity index (χ4n) is 3.62. The van der Waals surface area contributed by atoms with Crippen LogP contribution >= 0.6 is 11.3 Å². The summed E-state index contributed by atoms with van der Waals surface area (Å²) in [6.45, 7) is 5.86. The molecule has 6 nitrogen and oxygen atoms in total. The highest BCUT2D eigenvalue weighted by molar-refractivity contribution is 7.13. The molecule has 2 heterocycles. The van der Waals surface area contributed by atoms with Crippen molar-refractivity contribution in [2.75, 3.05) is 40.3 Å². The van der Waals surface area contributed by atoms with Crippen LogP contribution < -0.4 is 10.1 Å². The molecule has 1 aliphatic rings. The van der Waals surface area contributed by atoms with Crippen molar-refractivity contribution in [2.45, 2.75) is 13.1 Å². The number of benzene rings is 2. The molecule has 0 radical (unpaired) electrons. The number of carbonyl (C=O) groups excluding carboxylic acids is 1. The van der Waals surface area contributed by atoms with E-state index >= 15 is 0 Å². The number of amides is 1. The van der Waals surface area contributed by atoms with E-state index in [9.17, 15) is 4.79 Å². The standard InChI is InChI=1S/C24H28N4O2S/c1-27-10-12-28(13-11-27)16-19-5-3-4-18(14-19)15-25-23(29)22-17-31-24(26-22)20-6-8-21(30-2)9-7-20/h3-9,14,17H,10-13,15-16H2,1-2H3,(H,25,29). The Balaban J connectivity index is 1.33. The Morgan fingerprint density at radius 1 is 1.10 bits per heavy atom. The van der Waals surface area contributed by atoms with Crippen molar-refractivity contribution in [3.63, 3.8) is 0 Å². The van der Waals surface area contributed by atoms with Gasteiger partial charge in [0.25, 0.3) is 5.91 Å². The maximum Gasteiger partial charge on any atom is 0.271 e. The maximum atomic E-state index is 12.6. The largest absolute Gasteiger partial charge is 0.497 e.